The summed E-state index contributed by atoms with van der Waals surface area (Å²) in [5.41, 5.74) is 6.75. The molecule has 2 heterocycles. The van der Waals surface area contributed by atoms with E-state index in [4.69, 9.17) is 5.73 Å². The SMILES string of the molecule is Cc1nn(C2CCCCC2)c(NC(=O)C2CCCN(C(=O)c3ccccc3NS(C)(=O)=O)C2)c1C(N)=O. The molecule has 1 aliphatic heterocycles. The zero-order valence-corrected chi connectivity index (χ0v) is 22.0. The average molecular weight is 531 g/mol. The van der Waals surface area contributed by atoms with Gasteiger partial charge in [0.1, 0.15) is 11.4 Å². The number of rotatable bonds is 7. The van der Waals surface area contributed by atoms with Gasteiger partial charge in [-0.25, -0.2) is 13.1 Å². The van der Waals surface area contributed by atoms with Crippen molar-refractivity contribution in [2.45, 2.75) is 57.9 Å². The predicted molar refractivity (Wildman–Crippen MR) is 140 cm³/mol. The molecule has 4 N–H and O–H groups in total. The third-order valence-corrected chi connectivity index (χ3v) is 7.62. The third kappa shape index (κ3) is 6.12. The van der Waals surface area contributed by atoms with Gasteiger partial charge in [-0.2, -0.15) is 5.10 Å². The van der Waals surface area contributed by atoms with Crippen molar-refractivity contribution in [1.82, 2.24) is 14.7 Å². The maximum atomic E-state index is 13.4. The van der Waals surface area contributed by atoms with E-state index in [9.17, 15) is 22.8 Å². The molecule has 0 bridgehead atoms. The normalized spacial score (nSPS) is 18.9. The van der Waals surface area contributed by atoms with Gasteiger partial charge < -0.3 is 16.0 Å². The molecule has 1 saturated carbocycles. The zero-order chi connectivity index (χ0) is 26.7. The Kier molecular flexibility index (Phi) is 7.86. The van der Waals surface area contributed by atoms with Crippen molar-refractivity contribution < 1.29 is 22.8 Å². The van der Waals surface area contributed by atoms with Crippen LogP contribution in [0.25, 0.3) is 0 Å². The lowest BCUT2D eigenvalue weighted by molar-refractivity contribution is -0.121. The van der Waals surface area contributed by atoms with Crippen LogP contribution in [0.15, 0.2) is 24.3 Å². The first-order valence-corrected chi connectivity index (χ1v) is 14.5. The monoisotopic (exact) mass is 530 g/mol. The van der Waals surface area contributed by atoms with Gasteiger partial charge in [0, 0.05) is 13.1 Å². The summed E-state index contributed by atoms with van der Waals surface area (Å²) < 4.78 is 27.6. The second kappa shape index (κ2) is 10.9. The number of nitrogens with zero attached hydrogens (tertiary/aromatic N) is 3. The quantitative estimate of drug-likeness (QED) is 0.500. The number of nitrogens with two attached hydrogens (primary N) is 1. The number of likely N-dealkylation sites (tertiary alicyclic amines) is 1. The van der Waals surface area contributed by atoms with Gasteiger partial charge in [0.05, 0.1) is 35.2 Å². The van der Waals surface area contributed by atoms with Crippen LogP contribution in [0.4, 0.5) is 11.5 Å². The van der Waals surface area contributed by atoms with E-state index < -0.39 is 21.8 Å². The van der Waals surface area contributed by atoms with Crippen molar-refractivity contribution in [3.05, 3.63) is 41.1 Å². The van der Waals surface area contributed by atoms with E-state index in [1.165, 1.54) is 6.07 Å². The van der Waals surface area contributed by atoms with Gasteiger partial charge in [-0.15, -0.1) is 0 Å². The fraction of sp³-hybridized carbons (Fsp3) is 0.520. The number of benzene rings is 1. The third-order valence-electron chi connectivity index (χ3n) is 7.03. The molecule has 1 aliphatic carbocycles. The molecule has 1 aromatic carbocycles. The van der Waals surface area contributed by atoms with Crippen molar-refractivity contribution in [3.63, 3.8) is 0 Å². The summed E-state index contributed by atoms with van der Waals surface area (Å²) in [6.07, 6.45) is 7.28. The van der Waals surface area contributed by atoms with Crippen molar-refractivity contribution in [2.75, 3.05) is 29.4 Å². The summed E-state index contributed by atoms with van der Waals surface area (Å²) >= 11 is 0. The van der Waals surface area contributed by atoms with E-state index in [0.717, 1.165) is 38.4 Å². The predicted octanol–water partition coefficient (Wildman–Crippen LogP) is 2.66. The highest BCUT2D eigenvalue weighted by atomic mass is 32.2. The van der Waals surface area contributed by atoms with Gasteiger partial charge >= 0.3 is 0 Å². The van der Waals surface area contributed by atoms with Crippen LogP contribution in [0.1, 0.15) is 77.4 Å². The minimum absolute atomic E-state index is 0.0825. The summed E-state index contributed by atoms with van der Waals surface area (Å²) in [7, 11) is -3.58. The zero-order valence-electron chi connectivity index (χ0n) is 21.2. The number of nitrogens with one attached hydrogen (secondary N) is 2. The number of sulfonamides is 1. The lowest BCUT2D eigenvalue weighted by Crippen LogP contribution is -2.44. The van der Waals surface area contributed by atoms with Gasteiger partial charge in [0.2, 0.25) is 15.9 Å². The maximum absolute atomic E-state index is 13.4. The number of amides is 3. The molecule has 1 aromatic heterocycles. The van der Waals surface area contributed by atoms with Crippen LogP contribution < -0.4 is 15.8 Å². The van der Waals surface area contributed by atoms with Crippen LogP contribution in [0.3, 0.4) is 0 Å². The van der Waals surface area contributed by atoms with Crippen molar-refractivity contribution >= 4 is 39.3 Å². The smallest absolute Gasteiger partial charge is 0.256 e. The highest BCUT2D eigenvalue weighted by Crippen LogP contribution is 2.33. The Morgan fingerprint density at radius 3 is 2.43 bits per heavy atom. The number of hydrogen-bond acceptors (Lipinski definition) is 6. The average Bonchev–Trinajstić information content (AvgIpc) is 3.19. The number of piperidine rings is 1. The molecule has 2 aliphatic rings. The van der Waals surface area contributed by atoms with Crippen molar-refractivity contribution in [2.24, 2.45) is 11.7 Å². The first-order chi connectivity index (χ1) is 17.5. The van der Waals surface area contributed by atoms with E-state index >= 15 is 0 Å². The van der Waals surface area contributed by atoms with E-state index in [2.05, 4.69) is 15.1 Å². The molecule has 12 heteroatoms. The summed E-state index contributed by atoms with van der Waals surface area (Å²) in [5.74, 6) is -1.49. The van der Waals surface area contributed by atoms with Gasteiger partial charge in [0.15, 0.2) is 0 Å². The number of carbonyl (C=O) groups is 3. The number of aromatic nitrogens is 2. The van der Waals surface area contributed by atoms with Gasteiger partial charge in [0.25, 0.3) is 11.8 Å². The Morgan fingerprint density at radius 2 is 1.76 bits per heavy atom. The molecule has 4 rings (SSSR count). The van der Waals surface area contributed by atoms with Crippen LogP contribution in [-0.2, 0) is 14.8 Å². The van der Waals surface area contributed by atoms with Crippen LogP contribution in [0.2, 0.25) is 0 Å². The van der Waals surface area contributed by atoms with Crippen LogP contribution in [0, 0.1) is 12.8 Å². The van der Waals surface area contributed by atoms with Gasteiger partial charge in [-0.3, -0.25) is 19.1 Å². The van der Waals surface area contributed by atoms with Crippen LogP contribution >= 0.6 is 0 Å². The highest BCUT2D eigenvalue weighted by molar-refractivity contribution is 7.92. The number of anilines is 2. The first-order valence-electron chi connectivity index (χ1n) is 12.6. The molecule has 200 valence electrons. The number of hydrogen-bond donors (Lipinski definition) is 3. The fourth-order valence-corrected chi connectivity index (χ4v) is 5.85. The largest absolute Gasteiger partial charge is 0.365 e. The number of para-hydroxylation sites is 1. The Labute approximate surface area is 216 Å². The van der Waals surface area contributed by atoms with E-state index in [1.54, 1.807) is 34.7 Å². The minimum atomic E-state index is -3.58. The van der Waals surface area contributed by atoms with Gasteiger partial charge in [-0.1, -0.05) is 31.4 Å². The number of aryl methyl sites for hydroxylation is 1. The van der Waals surface area contributed by atoms with Gasteiger partial charge in [-0.05, 0) is 44.7 Å². The van der Waals surface area contributed by atoms with E-state index in [1.807, 2.05) is 0 Å². The van der Waals surface area contributed by atoms with E-state index in [0.29, 0.717) is 30.9 Å². The maximum Gasteiger partial charge on any atom is 0.256 e. The van der Waals surface area contributed by atoms with Crippen molar-refractivity contribution in [1.29, 1.82) is 0 Å². The highest BCUT2D eigenvalue weighted by Gasteiger charge is 2.33. The number of carbonyl (C=O) groups excluding carboxylic acids is 3. The second-order valence-corrected chi connectivity index (χ2v) is 11.7. The summed E-state index contributed by atoms with van der Waals surface area (Å²) in [6.45, 7) is 2.32. The Bertz CT molecular complexity index is 1300. The van der Waals surface area contributed by atoms with Crippen LogP contribution in [-0.4, -0.2) is 60.2 Å². The molecule has 2 aromatic rings. The standard InChI is InChI=1S/C25H34N6O5S/c1-16-21(22(26)32)23(31(28-16)18-10-4-3-5-11-18)27-24(33)17-9-8-14-30(15-17)25(34)19-12-6-7-13-20(19)29-37(2,35)36/h6-7,12-13,17-18,29H,3-5,8-11,14-15H2,1-2H3,(H2,26,32)(H,27,33). The topological polar surface area (TPSA) is 156 Å². The second-order valence-electron chi connectivity index (χ2n) is 9.91. The molecule has 1 unspecified atom stereocenters. The first kappa shape index (κ1) is 26.6. The molecule has 1 atom stereocenters. The number of primary amides is 1. The summed E-state index contributed by atoms with van der Waals surface area (Å²) in [4.78, 5) is 40.5. The summed E-state index contributed by atoms with van der Waals surface area (Å²) in [6, 6.07) is 6.48. The Hall–Kier alpha value is -3.41. The lowest BCUT2D eigenvalue weighted by atomic mass is 9.95. The molecule has 0 radical (unpaired) electrons. The minimum Gasteiger partial charge on any atom is -0.365 e. The Balaban J connectivity index is 1.54. The molecular formula is C25H34N6O5S. The Morgan fingerprint density at radius 1 is 1.05 bits per heavy atom. The van der Waals surface area contributed by atoms with E-state index in [-0.39, 0.29) is 41.2 Å². The molecule has 3 amide bonds. The molecule has 0 spiro atoms. The molecular weight excluding hydrogens is 496 g/mol. The van der Waals surface area contributed by atoms with Crippen LogP contribution in [0.5, 0.6) is 0 Å². The van der Waals surface area contributed by atoms with Crippen molar-refractivity contribution in [3.8, 4) is 0 Å². The molecule has 2 fully saturated rings. The molecule has 1 saturated heterocycles. The fourth-order valence-electron chi connectivity index (χ4n) is 5.28. The molecule has 37 heavy (non-hydrogen) atoms. The summed E-state index contributed by atoms with van der Waals surface area (Å²) in [5, 5.41) is 7.48. The molecule has 11 nitrogen and oxygen atoms in total. The lowest BCUT2D eigenvalue weighted by Gasteiger charge is -2.33.